The van der Waals surface area contributed by atoms with Crippen LogP contribution in [-0.2, 0) is 43.1 Å². The van der Waals surface area contributed by atoms with E-state index in [0.29, 0.717) is 6.42 Å². The number of unbranched alkanes of at least 4 members (excludes halogenated alkanes) is 3. The summed E-state index contributed by atoms with van der Waals surface area (Å²) in [4.78, 5) is 66.2. The molecule has 0 aliphatic rings. The molecule has 0 rings (SSSR count). The first kappa shape index (κ1) is 23.3. The zero-order valence-electron chi connectivity index (χ0n) is 14.9. The maximum Gasteiger partial charge on any atom is 0.489 e. The number of ether oxygens (including phenoxy) is 2. The third-order valence-corrected chi connectivity index (χ3v) is 2.89. The standard InChI is InChI=1S/C15H23NO10/c1-4-6-7-8-9-13(20)26-16(25-12(19)5-2)15(14(21)22,23-10-17)24-11(3)18/h10H,4-9H2,1-3H3,(H,21,22). The van der Waals surface area contributed by atoms with Crippen molar-refractivity contribution >= 4 is 30.3 Å². The molecule has 11 heteroatoms. The molecule has 11 nitrogen and oxygen atoms in total. The topological polar surface area (TPSA) is 146 Å². The summed E-state index contributed by atoms with van der Waals surface area (Å²) in [5.41, 5.74) is 0. The highest BCUT2D eigenvalue weighted by Gasteiger charge is 2.58. The number of carboxylic acid groups (broad SMARTS) is 1. The van der Waals surface area contributed by atoms with Crippen LogP contribution in [0.3, 0.4) is 0 Å². The van der Waals surface area contributed by atoms with Crippen LogP contribution < -0.4 is 0 Å². The third kappa shape index (κ3) is 7.47. The monoisotopic (exact) mass is 377 g/mol. The smallest absolute Gasteiger partial charge is 0.474 e. The molecule has 148 valence electrons. The largest absolute Gasteiger partial charge is 0.489 e. The Morgan fingerprint density at radius 1 is 1.04 bits per heavy atom. The van der Waals surface area contributed by atoms with Crippen LogP contribution >= 0.6 is 0 Å². The van der Waals surface area contributed by atoms with E-state index in [-0.39, 0.29) is 24.5 Å². The van der Waals surface area contributed by atoms with Crippen LogP contribution in [0.4, 0.5) is 0 Å². The molecule has 0 aromatic carbocycles. The third-order valence-electron chi connectivity index (χ3n) is 2.89. The van der Waals surface area contributed by atoms with Gasteiger partial charge in [0.25, 0.3) is 6.47 Å². The highest BCUT2D eigenvalue weighted by atomic mass is 17.0. The molecule has 0 fully saturated rings. The van der Waals surface area contributed by atoms with Crippen molar-refractivity contribution < 1.29 is 48.2 Å². The first-order valence-corrected chi connectivity index (χ1v) is 7.99. The van der Waals surface area contributed by atoms with Crippen LogP contribution in [0.15, 0.2) is 0 Å². The van der Waals surface area contributed by atoms with E-state index in [1.807, 2.05) is 6.92 Å². The molecule has 0 amide bonds. The maximum absolute atomic E-state index is 11.9. The van der Waals surface area contributed by atoms with Crippen LogP contribution in [0, 0.1) is 0 Å². The number of esters is 1. The number of carbonyl (C=O) groups excluding carboxylic acids is 4. The molecule has 1 atom stereocenters. The van der Waals surface area contributed by atoms with E-state index in [0.717, 1.165) is 26.2 Å². The molecule has 0 spiro atoms. The van der Waals surface area contributed by atoms with Crippen molar-refractivity contribution in [1.82, 2.24) is 5.23 Å². The number of hydrogen-bond acceptors (Lipinski definition) is 10. The van der Waals surface area contributed by atoms with Crippen molar-refractivity contribution in [2.24, 2.45) is 0 Å². The minimum absolute atomic E-state index is 0.128. The van der Waals surface area contributed by atoms with Gasteiger partial charge < -0.3 is 24.3 Å². The summed E-state index contributed by atoms with van der Waals surface area (Å²) in [6.45, 7) is 3.81. The van der Waals surface area contributed by atoms with Gasteiger partial charge >= 0.3 is 29.8 Å². The fraction of sp³-hybridized carbons (Fsp3) is 0.667. The van der Waals surface area contributed by atoms with Crippen LogP contribution in [0.25, 0.3) is 0 Å². The molecule has 0 radical (unpaired) electrons. The lowest BCUT2D eigenvalue weighted by molar-refractivity contribution is -0.451. The lowest BCUT2D eigenvalue weighted by Crippen LogP contribution is -2.60. The number of carbonyl (C=O) groups is 5. The predicted octanol–water partition coefficient (Wildman–Crippen LogP) is 1.06. The van der Waals surface area contributed by atoms with Gasteiger partial charge in [-0.1, -0.05) is 33.1 Å². The van der Waals surface area contributed by atoms with Gasteiger partial charge in [-0.15, -0.1) is 0 Å². The molecule has 26 heavy (non-hydrogen) atoms. The molecule has 0 aromatic rings. The highest BCUT2D eigenvalue weighted by molar-refractivity contribution is 5.81. The minimum Gasteiger partial charge on any atom is -0.474 e. The molecule has 0 saturated heterocycles. The Balaban J connectivity index is 5.51. The van der Waals surface area contributed by atoms with Gasteiger partial charge in [0.2, 0.25) is 0 Å². The fourth-order valence-corrected chi connectivity index (χ4v) is 1.67. The summed E-state index contributed by atoms with van der Waals surface area (Å²) in [7, 11) is 0. The van der Waals surface area contributed by atoms with Crippen molar-refractivity contribution in [2.75, 3.05) is 0 Å². The molecular formula is C15H23NO10. The average Bonchev–Trinajstić information content (AvgIpc) is 2.56. The average molecular weight is 377 g/mol. The first-order valence-electron chi connectivity index (χ1n) is 7.99. The Kier molecular flexibility index (Phi) is 10.6. The summed E-state index contributed by atoms with van der Waals surface area (Å²) < 4.78 is 8.77. The Bertz CT molecular complexity index is 521. The van der Waals surface area contributed by atoms with E-state index < -0.39 is 29.8 Å². The quantitative estimate of drug-likeness (QED) is 0.161. The lowest BCUT2D eigenvalue weighted by Gasteiger charge is -2.32. The van der Waals surface area contributed by atoms with Crippen molar-refractivity contribution in [3.8, 4) is 0 Å². The van der Waals surface area contributed by atoms with Gasteiger partial charge in [-0.3, -0.25) is 19.2 Å². The van der Waals surface area contributed by atoms with E-state index in [1.54, 1.807) is 0 Å². The van der Waals surface area contributed by atoms with Crippen molar-refractivity contribution in [2.45, 2.75) is 65.2 Å². The Morgan fingerprint density at radius 3 is 2.12 bits per heavy atom. The number of carboxylic acids is 1. The van der Waals surface area contributed by atoms with E-state index in [2.05, 4.69) is 14.3 Å². The Hall–Kier alpha value is -2.69. The van der Waals surface area contributed by atoms with Crippen molar-refractivity contribution in [1.29, 1.82) is 0 Å². The van der Waals surface area contributed by atoms with Gasteiger partial charge in [0.05, 0.1) is 0 Å². The molecule has 0 aromatic heterocycles. The molecule has 1 unspecified atom stereocenters. The summed E-state index contributed by atoms with van der Waals surface area (Å²) >= 11 is 0. The van der Waals surface area contributed by atoms with Gasteiger partial charge in [0.1, 0.15) is 5.23 Å². The SMILES string of the molecule is CCCCCCC(=O)ON(OC(=O)CC)C(OC=O)(OC(C)=O)C(=O)O. The molecule has 0 heterocycles. The second kappa shape index (κ2) is 11.8. The first-order chi connectivity index (χ1) is 12.2. The molecule has 0 saturated carbocycles. The Morgan fingerprint density at radius 2 is 1.65 bits per heavy atom. The summed E-state index contributed by atoms with van der Waals surface area (Å²) in [5, 5.41) is 9.10. The molecule has 0 aliphatic carbocycles. The lowest BCUT2D eigenvalue weighted by atomic mass is 10.2. The highest BCUT2D eigenvalue weighted by Crippen LogP contribution is 2.22. The van der Waals surface area contributed by atoms with Crippen LogP contribution in [0.2, 0.25) is 0 Å². The van der Waals surface area contributed by atoms with Gasteiger partial charge in [-0.2, -0.15) is 0 Å². The second-order valence-corrected chi connectivity index (χ2v) is 5.04. The minimum atomic E-state index is -3.31. The number of nitrogens with zero attached hydrogens (tertiary/aromatic N) is 1. The van der Waals surface area contributed by atoms with E-state index in [1.165, 1.54) is 6.92 Å². The second-order valence-electron chi connectivity index (χ2n) is 5.04. The van der Waals surface area contributed by atoms with E-state index >= 15 is 0 Å². The van der Waals surface area contributed by atoms with Gasteiger partial charge in [0.15, 0.2) is 0 Å². The van der Waals surface area contributed by atoms with Gasteiger partial charge in [0, 0.05) is 19.8 Å². The van der Waals surface area contributed by atoms with Crippen molar-refractivity contribution in [3.63, 3.8) is 0 Å². The summed E-state index contributed by atoms with van der Waals surface area (Å²) in [5.74, 6) is -8.58. The van der Waals surface area contributed by atoms with Crippen LogP contribution in [0.5, 0.6) is 0 Å². The molecule has 0 aliphatic heterocycles. The zero-order chi connectivity index (χ0) is 20.2. The fourth-order valence-electron chi connectivity index (χ4n) is 1.67. The Labute approximate surface area is 150 Å². The van der Waals surface area contributed by atoms with Crippen molar-refractivity contribution in [3.05, 3.63) is 0 Å². The maximum atomic E-state index is 11.9. The zero-order valence-corrected chi connectivity index (χ0v) is 14.9. The van der Waals surface area contributed by atoms with Gasteiger partial charge in [-0.25, -0.2) is 4.79 Å². The number of aliphatic carboxylic acids is 1. The van der Waals surface area contributed by atoms with Crippen LogP contribution in [-0.4, -0.2) is 46.6 Å². The molecule has 0 bridgehead atoms. The number of hydrogen-bond donors (Lipinski definition) is 1. The predicted molar refractivity (Wildman–Crippen MR) is 82.4 cm³/mol. The normalized spacial score (nSPS) is 12.6. The van der Waals surface area contributed by atoms with E-state index in [9.17, 15) is 29.1 Å². The summed E-state index contributed by atoms with van der Waals surface area (Å²) in [6, 6.07) is 0. The van der Waals surface area contributed by atoms with E-state index in [4.69, 9.17) is 4.84 Å². The molecule has 1 N–H and O–H groups in total. The molecular weight excluding hydrogens is 354 g/mol. The van der Waals surface area contributed by atoms with Crippen LogP contribution in [0.1, 0.15) is 59.3 Å². The van der Waals surface area contributed by atoms with Gasteiger partial charge in [-0.05, 0) is 6.42 Å². The summed E-state index contributed by atoms with van der Waals surface area (Å²) in [6.07, 6.45) is 2.60. The number of rotatable bonds is 13. The number of hydroxylamine groups is 2.